The zero-order chi connectivity index (χ0) is 17.1. The fraction of sp³-hybridized carbons (Fsp3) is 0.385. The number of nitrogens with zero attached hydrogens (tertiary/aromatic N) is 5. The summed E-state index contributed by atoms with van der Waals surface area (Å²) in [6.45, 7) is 1.93. The third kappa shape index (κ3) is 3.09. The minimum absolute atomic E-state index is 0.0541. The maximum Gasteiger partial charge on any atom is 0.332 e. The van der Waals surface area contributed by atoms with E-state index in [0.717, 1.165) is 16.3 Å². The lowest BCUT2D eigenvalue weighted by Crippen LogP contribution is -2.38. The van der Waals surface area contributed by atoms with Crippen LogP contribution in [0.25, 0.3) is 11.2 Å². The Balaban J connectivity index is 2.59. The molecule has 9 nitrogen and oxygen atoms in total. The van der Waals surface area contributed by atoms with Crippen molar-refractivity contribution >= 4 is 28.9 Å². The highest BCUT2D eigenvalue weighted by atomic mass is 32.2. The van der Waals surface area contributed by atoms with Gasteiger partial charge in [0.25, 0.3) is 5.56 Å². The number of aryl methyl sites for hydroxylation is 1. The van der Waals surface area contributed by atoms with Gasteiger partial charge in [0, 0.05) is 14.1 Å². The van der Waals surface area contributed by atoms with E-state index in [1.54, 1.807) is 6.92 Å². The third-order valence-corrected chi connectivity index (χ3v) is 3.92. The van der Waals surface area contributed by atoms with Crippen LogP contribution in [0.4, 0.5) is 0 Å². The molecule has 0 aliphatic rings. The van der Waals surface area contributed by atoms with Crippen LogP contribution in [-0.4, -0.2) is 37.4 Å². The minimum Gasteiger partial charge on any atom is -0.465 e. The van der Waals surface area contributed by atoms with E-state index in [9.17, 15) is 19.6 Å². The fourth-order valence-corrected chi connectivity index (χ4v) is 2.57. The second-order valence-corrected chi connectivity index (χ2v) is 5.42. The number of rotatable bonds is 4. The maximum absolute atomic E-state index is 12.1. The summed E-state index contributed by atoms with van der Waals surface area (Å²) in [6.07, 6.45) is 0. The second-order valence-electron chi connectivity index (χ2n) is 4.46. The summed E-state index contributed by atoms with van der Waals surface area (Å²) in [5, 5.41) is 9.33. The highest BCUT2D eigenvalue weighted by molar-refractivity contribution is 7.99. The number of ether oxygens (including phenoxy) is 1. The van der Waals surface area contributed by atoms with Gasteiger partial charge in [-0.1, -0.05) is 11.8 Å². The molecule has 0 saturated carbocycles. The molecule has 0 saturated heterocycles. The van der Waals surface area contributed by atoms with Gasteiger partial charge in [-0.25, -0.2) is 14.8 Å². The highest BCUT2D eigenvalue weighted by Crippen LogP contribution is 2.20. The molecule has 2 rings (SSSR count). The van der Waals surface area contributed by atoms with Gasteiger partial charge in [-0.2, -0.15) is 5.26 Å². The molecular formula is C13H13N5O4S. The van der Waals surface area contributed by atoms with Gasteiger partial charge in [-0.3, -0.25) is 18.7 Å². The van der Waals surface area contributed by atoms with Gasteiger partial charge >= 0.3 is 11.7 Å². The van der Waals surface area contributed by atoms with Crippen molar-refractivity contribution in [2.45, 2.75) is 11.9 Å². The van der Waals surface area contributed by atoms with E-state index in [1.807, 2.05) is 6.07 Å². The number of fused-ring (bicyclic) bond motifs is 1. The Kier molecular flexibility index (Phi) is 4.80. The SMILES string of the molecule is CCOC(=O)CSc1nc2c(nc1C#N)c(=O)n(C)c(=O)n2C. The molecule has 2 aromatic rings. The summed E-state index contributed by atoms with van der Waals surface area (Å²) in [6, 6.07) is 1.84. The Morgan fingerprint density at radius 1 is 1.30 bits per heavy atom. The molecule has 0 atom stereocenters. The largest absolute Gasteiger partial charge is 0.465 e. The molecule has 23 heavy (non-hydrogen) atoms. The summed E-state index contributed by atoms with van der Waals surface area (Å²) in [7, 11) is 2.77. The van der Waals surface area contributed by atoms with Crippen molar-refractivity contribution in [2.75, 3.05) is 12.4 Å². The first-order valence-electron chi connectivity index (χ1n) is 6.57. The number of aromatic nitrogens is 4. The first-order valence-corrected chi connectivity index (χ1v) is 7.55. The lowest BCUT2D eigenvalue weighted by atomic mass is 10.4. The van der Waals surface area contributed by atoms with Gasteiger partial charge in [-0.05, 0) is 6.92 Å². The van der Waals surface area contributed by atoms with Crippen LogP contribution in [0.2, 0.25) is 0 Å². The van der Waals surface area contributed by atoms with Crippen LogP contribution < -0.4 is 11.2 Å². The highest BCUT2D eigenvalue weighted by Gasteiger charge is 2.17. The van der Waals surface area contributed by atoms with Crippen LogP contribution in [0, 0.1) is 11.3 Å². The van der Waals surface area contributed by atoms with Gasteiger partial charge in [0.2, 0.25) is 0 Å². The van der Waals surface area contributed by atoms with Crippen molar-refractivity contribution < 1.29 is 9.53 Å². The number of carbonyl (C=O) groups is 1. The van der Waals surface area contributed by atoms with E-state index in [0.29, 0.717) is 0 Å². The molecule has 120 valence electrons. The first kappa shape index (κ1) is 16.7. The summed E-state index contributed by atoms with van der Waals surface area (Å²) in [5.41, 5.74) is -1.28. The average Bonchev–Trinajstić information content (AvgIpc) is 2.55. The first-order chi connectivity index (χ1) is 10.9. The van der Waals surface area contributed by atoms with E-state index >= 15 is 0 Å². The summed E-state index contributed by atoms with van der Waals surface area (Å²) in [5.74, 6) is -0.511. The van der Waals surface area contributed by atoms with Crippen molar-refractivity contribution in [3.63, 3.8) is 0 Å². The number of esters is 1. The quantitative estimate of drug-likeness (QED) is 0.544. The molecule has 2 aromatic heterocycles. The molecule has 0 N–H and O–H groups in total. The van der Waals surface area contributed by atoms with Gasteiger partial charge in [0.15, 0.2) is 16.9 Å². The third-order valence-electron chi connectivity index (χ3n) is 2.98. The molecule has 2 heterocycles. The number of thioether (sulfide) groups is 1. The van der Waals surface area contributed by atoms with E-state index in [4.69, 9.17) is 4.74 Å². The molecule has 10 heteroatoms. The van der Waals surface area contributed by atoms with Crippen molar-refractivity contribution in [1.29, 1.82) is 5.26 Å². The van der Waals surface area contributed by atoms with Gasteiger partial charge in [-0.15, -0.1) is 0 Å². The Morgan fingerprint density at radius 2 is 2.00 bits per heavy atom. The lowest BCUT2D eigenvalue weighted by molar-refractivity contribution is -0.139. The number of carbonyl (C=O) groups excluding carboxylic acids is 1. The Hall–Kier alpha value is -2.67. The normalized spacial score (nSPS) is 10.5. The molecule has 0 bridgehead atoms. The molecule has 0 aliphatic carbocycles. The minimum atomic E-state index is -0.631. The van der Waals surface area contributed by atoms with Crippen molar-refractivity contribution in [2.24, 2.45) is 14.1 Å². The number of hydrogen-bond acceptors (Lipinski definition) is 8. The summed E-state index contributed by atoms with van der Waals surface area (Å²) >= 11 is 0.964. The van der Waals surface area contributed by atoms with Crippen LogP contribution in [0.5, 0.6) is 0 Å². The van der Waals surface area contributed by atoms with Gasteiger partial charge in [0.1, 0.15) is 11.1 Å². The topological polar surface area (TPSA) is 120 Å². The lowest BCUT2D eigenvalue weighted by Gasteiger charge is -2.08. The van der Waals surface area contributed by atoms with Crippen LogP contribution in [-0.2, 0) is 23.6 Å². The van der Waals surface area contributed by atoms with Crippen molar-refractivity contribution in [1.82, 2.24) is 19.1 Å². The average molecular weight is 335 g/mol. The fourth-order valence-electron chi connectivity index (χ4n) is 1.85. The molecule has 0 amide bonds. The van der Waals surface area contributed by atoms with E-state index in [-0.39, 0.29) is 34.2 Å². The smallest absolute Gasteiger partial charge is 0.332 e. The van der Waals surface area contributed by atoms with Gasteiger partial charge < -0.3 is 4.74 Å². The van der Waals surface area contributed by atoms with Crippen molar-refractivity contribution in [3.05, 3.63) is 26.5 Å². The van der Waals surface area contributed by atoms with Crippen LogP contribution in [0.3, 0.4) is 0 Å². The molecule has 0 fully saturated rings. The van der Waals surface area contributed by atoms with Crippen LogP contribution >= 0.6 is 11.8 Å². The van der Waals surface area contributed by atoms with Gasteiger partial charge in [0.05, 0.1) is 12.4 Å². The predicted molar refractivity (Wildman–Crippen MR) is 82.1 cm³/mol. The monoisotopic (exact) mass is 335 g/mol. The van der Waals surface area contributed by atoms with Crippen LogP contribution in [0.1, 0.15) is 12.6 Å². The molecule has 0 aromatic carbocycles. The molecule has 0 spiro atoms. The molecule has 0 aliphatic heterocycles. The van der Waals surface area contributed by atoms with Crippen LogP contribution in [0.15, 0.2) is 14.6 Å². The Bertz CT molecular complexity index is 940. The van der Waals surface area contributed by atoms with E-state index < -0.39 is 17.2 Å². The number of nitriles is 1. The van der Waals surface area contributed by atoms with E-state index in [1.165, 1.54) is 18.7 Å². The predicted octanol–water partition coefficient (Wildman–Crippen LogP) is -0.446. The Morgan fingerprint density at radius 3 is 2.61 bits per heavy atom. The maximum atomic E-state index is 12.1. The number of hydrogen-bond donors (Lipinski definition) is 0. The van der Waals surface area contributed by atoms with E-state index in [2.05, 4.69) is 9.97 Å². The summed E-state index contributed by atoms with van der Waals surface area (Å²) < 4.78 is 6.86. The molecular weight excluding hydrogens is 322 g/mol. The van der Waals surface area contributed by atoms with Crippen molar-refractivity contribution in [3.8, 4) is 6.07 Å². The molecule has 0 radical (unpaired) electrons. The second kappa shape index (κ2) is 6.62. The zero-order valence-electron chi connectivity index (χ0n) is 12.7. The Labute approximate surface area is 134 Å². The standard InChI is InChI=1S/C13H13N5O4S/c1-4-22-8(19)6-23-11-7(5-14)15-9-10(16-11)17(2)13(21)18(3)12(9)20/h4,6H2,1-3H3. The molecule has 0 unspecified atom stereocenters. The summed E-state index contributed by atoms with van der Waals surface area (Å²) in [4.78, 5) is 43.6. The zero-order valence-corrected chi connectivity index (χ0v) is 13.5.